The molecule has 15 heavy (non-hydrogen) atoms. The second kappa shape index (κ2) is 4.73. The highest BCUT2D eigenvalue weighted by atomic mass is 19.1. The Morgan fingerprint density at radius 1 is 1.33 bits per heavy atom. The molecule has 82 valence electrons. The predicted octanol–water partition coefficient (Wildman–Crippen LogP) is 1.54. The van der Waals surface area contributed by atoms with E-state index in [0.717, 1.165) is 43.9 Å². The SMILES string of the molecule is Cc1cccc(CN2CCNCC2)c1F. The number of halogens is 1. The molecule has 0 spiro atoms. The Labute approximate surface area is 90.1 Å². The Bertz CT molecular complexity index is 332. The lowest BCUT2D eigenvalue weighted by atomic mass is 10.1. The van der Waals surface area contributed by atoms with Gasteiger partial charge in [-0.05, 0) is 12.5 Å². The van der Waals surface area contributed by atoms with E-state index in [1.54, 1.807) is 0 Å². The van der Waals surface area contributed by atoms with Gasteiger partial charge in [-0.25, -0.2) is 4.39 Å². The average molecular weight is 208 g/mol. The lowest BCUT2D eigenvalue weighted by Gasteiger charge is -2.27. The first-order valence-corrected chi connectivity index (χ1v) is 5.44. The molecular formula is C12H17FN2. The van der Waals surface area contributed by atoms with Gasteiger partial charge in [-0.3, -0.25) is 4.90 Å². The van der Waals surface area contributed by atoms with Crippen LogP contribution in [0.4, 0.5) is 4.39 Å². The van der Waals surface area contributed by atoms with Crippen LogP contribution in [0.25, 0.3) is 0 Å². The van der Waals surface area contributed by atoms with Gasteiger partial charge in [-0.15, -0.1) is 0 Å². The van der Waals surface area contributed by atoms with Gasteiger partial charge >= 0.3 is 0 Å². The van der Waals surface area contributed by atoms with Crippen LogP contribution in [0.5, 0.6) is 0 Å². The molecule has 0 amide bonds. The van der Waals surface area contributed by atoms with Gasteiger partial charge in [0.15, 0.2) is 0 Å². The van der Waals surface area contributed by atoms with Crippen LogP contribution < -0.4 is 5.32 Å². The van der Waals surface area contributed by atoms with Crippen LogP contribution in [0.1, 0.15) is 11.1 Å². The maximum Gasteiger partial charge on any atom is 0.130 e. The van der Waals surface area contributed by atoms with Gasteiger partial charge in [-0.1, -0.05) is 18.2 Å². The molecule has 0 unspecified atom stereocenters. The first-order chi connectivity index (χ1) is 7.27. The number of piperazine rings is 1. The van der Waals surface area contributed by atoms with Gasteiger partial charge in [-0.2, -0.15) is 0 Å². The topological polar surface area (TPSA) is 15.3 Å². The minimum atomic E-state index is -0.0453. The van der Waals surface area contributed by atoms with Crippen molar-refractivity contribution in [3.63, 3.8) is 0 Å². The van der Waals surface area contributed by atoms with Gasteiger partial charge in [0.2, 0.25) is 0 Å². The van der Waals surface area contributed by atoms with E-state index in [-0.39, 0.29) is 5.82 Å². The van der Waals surface area contributed by atoms with Crippen molar-refractivity contribution in [2.75, 3.05) is 26.2 Å². The quantitative estimate of drug-likeness (QED) is 0.793. The maximum absolute atomic E-state index is 13.7. The van der Waals surface area contributed by atoms with Crippen LogP contribution in [0.2, 0.25) is 0 Å². The molecule has 1 heterocycles. The Hall–Kier alpha value is -0.930. The van der Waals surface area contributed by atoms with Gasteiger partial charge < -0.3 is 5.32 Å². The van der Waals surface area contributed by atoms with Gasteiger partial charge in [0.1, 0.15) is 5.82 Å². The zero-order valence-electron chi connectivity index (χ0n) is 9.09. The van der Waals surface area contributed by atoms with E-state index in [4.69, 9.17) is 0 Å². The predicted molar refractivity (Wildman–Crippen MR) is 59.3 cm³/mol. The molecule has 1 aliphatic heterocycles. The van der Waals surface area contributed by atoms with Crippen LogP contribution >= 0.6 is 0 Å². The average Bonchev–Trinajstić information content (AvgIpc) is 2.26. The van der Waals surface area contributed by atoms with E-state index >= 15 is 0 Å². The van der Waals surface area contributed by atoms with Crippen LogP contribution in [0.15, 0.2) is 18.2 Å². The van der Waals surface area contributed by atoms with Crippen molar-refractivity contribution in [3.8, 4) is 0 Å². The highest BCUT2D eigenvalue weighted by Gasteiger charge is 2.12. The summed E-state index contributed by atoms with van der Waals surface area (Å²) in [4.78, 5) is 2.29. The number of hydrogen-bond donors (Lipinski definition) is 1. The third-order valence-electron chi connectivity index (χ3n) is 2.88. The van der Waals surface area contributed by atoms with E-state index in [1.165, 1.54) is 0 Å². The van der Waals surface area contributed by atoms with Crippen LogP contribution in [-0.4, -0.2) is 31.1 Å². The molecule has 0 radical (unpaired) electrons. The van der Waals surface area contributed by atoms with Crippen molar-refractivity contribution in [2.24, 2.45) is 0 Å². The summed E-state index contributed by atoms with van der Waals surface area (Å²) in [5.41, 5.74) is 1.56. The number of hydrogen-bond acceptors (Lipinski definition) is 2. The molecule has 2 nitrogen and oxygen atoms in total. The van der Waals surface area contributed by atoms with E-state index in [9.17, 15) is 4.39 Å². The largest absolute Gasteiger partial charge is 0.314 e. The fourth-order valence-electron chi connectivity index (χ4n) is 1.94. The minimum Gasteiger partial charge on any atom is -0.314 e. The van der Waals surface area contributed by atoms with E-state index in [2.05, 4.69) is 10.2 Å². The van der Waals surface area contributed by atoms with Crippen molar-refractivity contribution in [3.05, 3.63) is 35.1 Å². The molecule has 1 aromatic carbocycles. The molecule has 1 saturated heterocycles. The van der Waals surface area contributed by atoms with E-state index in [0.29, 0.717) is 0 Å². The van der Waals surface area contributed by atoms with Crippen LogP contribution in [0.3, 0.4) is 0 Å². The van der Waals surface area contributed by atoms with Crippen molar-refractivity contribution < 1.29 is 4.39 Å². The molecule has 1 N–H and O–H groups in total. The first-order valence-electron chi connectivity index (χ1n) is 5.44. The molecule has 2 rings (SSSR count). The third-order valence-corrected chi connectivity index (χ3v) is 2.88. The fraction of sp³-hybridized carbons (Fsp3) is 0.500. The molecule has 1 aromatic rings. The van der Waals surface area contributed by atoms with Gasteiger partial charge in [0.05, 0.1) is 0 Å². The Balaban J connectivity index is 2.06. The zero-order chi connectivity index (χ0) is 10.7. The Kier molecular flexibility index (Phi) is 3.34. The summed E-state index contributed by atoms with van der Waals surface area (Å²) in [7, 11) is 0. The Morgan fingerprint density at radius 2 is 2.07 bits per heavy atom. The second-order valence-electron chi connectivity index (χ2n) is 4.07. The number of nitrogens with one attached hydrogen (secondary N) is 1. The van der Waals surface area contributed by atoms with Crippen LogP contribution in [-0.2, 0) is 6.54 Å². The lowest BCUT2D eigenvalue weighted by molar-refractivity contribution is 0.230. The van der Waals surface area contributed by atoms with Crippen molar-refractivity contribution in [1.82, 2.24) is 10.2 Å². The van der Waals surface area contributed by atoms with Gasteiger partial charge in [0, 0.05) is 38.3 Å². The van der Waals surface area contributed by atoms with Gasteiger partial charge in [0.25, 0.3) is 0 Å². The smallest absolute Gasteiger partial charge is 0.130 e. The number of nitrogens with zero attached hydrogens (tertiary/aromatic N) is 1. The second-order valence-corrected chi connectivity index (χ2v) is 4.07. The summed E-state index contributed by atoms with van der Waals surface area (Å²) in [6.45, 7) is 6.58. The molecule has 1 fully saturated rings. The molecule has 0 aromatic heterocycles. The molecule has 1 aliphatic rings. The lowest BCUT2D eigenvalue weighted by Crippen LogP contribution is -2.43. The molecule has 0 saturated carbocycles. The summed E-state index contributed by atoms with van der Waals surface area (Å²) in [5.74, 6) is -0.0453. The standard InChI is InChI=1S/C12H17FN2/c1-10-3-2-4-11(12(10)13)9-15-7-5-14-6-8-15/h2-4,14H,5-9H2,1H3. The summed E-state index contributed by atoms with van der Waals surface area (Å²) in [6, 6.07) is 5.62. The van der Waals surface area contributed by atoms with E-state index < -0.39 is 0 Å². The minimum absolute atomic E-state index is 0.0453. The maximum atomic E-state index is 13.7. The molecular weight excluding hydrogens is 191 g/mol. The number of benzene rings is 1. The summed E-state index contributed by atoms with van der Waals surface area (Å²) in [6.07, 6.45) is 0. The zero-order valence-corrected chi connectivity index (χ0v) is 9.09. The molecule has 0 bridgehead atoms. The van der Waals surface area contributed by atoms with Crippen molar-refractivity contribution in [2.45, 2.75) is 13.5 Å². The first kappa shape index (κ1) is 10.6. The molecule has 3 heteroatoms. The third kappa shape index (κ3) is 2.55. The van der Waals surface area contributed by atoms with Crippen molar-refractivity contribution in [1.29, 1.82) is 0 Å². The summed E-state index contributed by atoms with van der Waals surface area (Å²) < 4.78 is 13.7. The van der Waals surface area contributed by atoms with E-state index in [1.807, 2.05) is 25.1 Å². The highest BCUT2D eigenvalue weighted by molar-refractivity contribution is 5.24. The molecule has 0 atom stereocenters. The van der Waals surface area contributed by atoms with Crippen LogP contribution in [0, 0.1) is 12.7 Å². The van der Waals surface area contributed by atoms with Crippen molar-refractivity contribution >= 4 is 0 Å². The molecule has 0 aliphatic carbocycles. The normalized spacial score (nSPS) is 18.0. The number of rotatable bonds is 2. The summed E-state index contributed by atoms with van der Waals surface area (Å²) >= 11 is 0. The monoisotopic (exact) mass is 208 g/mol. The number of aryl methyl sites for hydroxylation is 1. The summed E-state index contributed by atoms with van der Waals surface area (Å²) in [5, 5.41) is 3.29. The highest BCUT2D eigenvalue weighted by Crippen LogP contribution is 2.14. The Morgan fingerprint density at radius 3 is 2.80 bits per heavy atom. The fourth-order valence-corrected chi connectivity index (χ4v) is 1.94.